The molecular formula is C16H17BrFNO2S. The highest BCUT2D eigenvalue weighted by molar-refractivity contribution is 9.10. The maximum absolute atomic E-state index is 13.9. The minimum absolute atomic E-state index is 0.0684. The predicted octanol–water partition coefficient (Wildman–Crippen LogP) is 4.62. The topological polar surface area (TPSA) is 46.2 Å². The van der Waals surface area contributed by atoms with Crippen molar-refractivity contribution in [1.82, 2.24) is 0 Å². The Hall–Kier alpha value is -1.40. The molecule has 0 unspecified atom stereocenters. The van der Waals surface area contributed by atoms with Crippen LogP contribution < -0.4 is 4.72 Å². The van der Waals surface area contributed by atoms with E-state index in [2.05, 4.69) is 20.7 Å². The number of anilines is 1. The van der Waals surface area contributed by atoms with Gasteiger partial charge in [-0.05, 0) is 68.1 Å². The Balaban J connectivity index is 2.57. The third-order valence-corrected chi connectivity index (χ3v) is 5.87. The monoisotopic (exact) mass is 385 g/mol. The molecule has 2 rings (SSSR count). The lowest BCUT2D eigenvalue weighted by Crippen LogP contribution is -2.17. The van der Waals surface area contributed by atoms with Gasteiger partial charge in [0.25, 0.3) is 10.0 Å². The van der Waals surface area contributed by atoms with E-state index in [0.29, 0.717) is 15.6 Å². The standard InChI is InChI=1S/C16H17BrFNO2S/c1-9-7-10(2)12(4)16(11(9)3)22(20,21)19-15-6-5-13(17)8-14(15)18/h5-8,19H,1-4H3. The lowest BCUT2D eigenvalue weighted by atomic mass is 10.0. The van der Waals surface area contributed by atoms with E-state index in [1.807, 2.05) is 19.9 Å². The van der Waals surface area contributed by atoms with Crippen molar-refractivity contribution in [2.24, 2.45) is 0 Å². The van der Waals surface area contributed by atoms with Crippen LogP contribution >= 0.6 is 15.9 Å². The molecule has 2 aromatic carbocycles. The minimum Gasteiger partial charge on any atom is -0.277 e. The van der Waals surface area contributed by atoms with Crippen molar-refractivity contribution >= 4 is 31.6 Å². The van der Waals surface area contributed by atoms with Crippen LogP contribution in [0.3, 0.4) is 0 Å². The van der Waals surface area contributed by atoms with Gasteiger partial charge in [0.15, 0.2) is 0 Å². The zero-order valence-electron chi connectivity index (χ0n) is 12.8. The third kappa shape index (κ3) is 3.17. The van der Waals surface area contributed by atoms with Crippen molar-refractivity contribution < 1.29 is 12.8 Å². The van der Waals surface area contributed by atoms with Crippen LogP contribution in [0.4, 0.5) is 10.1 Å². The Morgan fingerprint density at radius 2 is 1.55 bits per heavy atom. The molecule has 0 heterocycles. The zero-order valence-corrected chi connectivity index (χ0v) is 15.2. The van der Waals surface area contributed by atoms with Gasteiger partial charge in [0.1, 0.15) is 5.82 Å². The van der Waals surface area contributed by atoms with Crippen molar-refractivity contribution in [2.75, 3.05) is 4.72 Å². The Kier molecular flexibility index (Phi) is 4.63. The molecule has 6 heteroatoms. The normalized spacial score (nSPS) is 11.5. The van der Waals surface area contributed by atoms with E-state index in [4.69, 9.17) is 0 Å². The molecule has 0 saturated carbocycles. The summed E-state index contributed by atoms with van der Waals surface area (Å²) < 4.78 is 42.2. The molecule has 0 atom stereocenters. The van der Waals surface area contributed by atoms with Crippen LogP contribution in [-0.4, -0.2) is 8.42 Å². The Bertz CT molecular complexity index is 821. The number of halogens is 2. The van der Waals surface area contributed by atoms with Gasteiger partial charge in [-0.15, -0.1) is 0 Å². The first-order valence-electron chi connectivity index (χ1n) is 6.68. The second-order valence-electron chi connectivity index (χ2n) is 5.32. The van der Waals surface area contributed by atoms with Gasteiger partial charge in [0.2, 0.25) is 0 Å². The molecule has 0 spiro atoms. The molecule has 118 valence electrons. The van der Waals surface area contributed by atoms with Gasteiger partial charge >= 0.3 is 0 Å². The van der Waals surface area contributed by atoms with Crippen LogP contribution in [0.2, 0.25) is 0 Å². The first-order chi connectivity index (χ1) is 10.1. The van der Waals surface area contributed by atoms with Crippen molar-refractivity contribution in [3.05, 3.63) is 56.8 Å². The molecule has 3 nitrogen and oxygen atoms in total. The van der Waals surface area contributed by atoms with Crippen molar-refractivity contribution in [3.8, 4) is 0 Å². The molecule has 0 aliphatic rings. The van der Waals surface area contributed by atoms with Crippen LogP contribution in [0.1, 0.15) is 22.3 Å². The SMILES string of the molecule is Cc1cc(C)c(C)c(S(=O)(=O)Nc2ccc(Br)cc2F)c1C. The number of aryl methyl sites for hydroxylation is 2. The largest absolute Gasteiger partial charge is 0.277 e. The molecule has 0 fully saturated rings. The van der Waals surface area contributed by atoms with Crippen LogP contribution in [-0.2, 0) is 10.0 Å². The molecule has 0 amide bonds. The summed E-state index contributed by atoms with van der Waals surface area (Å²) in [4.78, 5) is 0.215. The Morgan fingerprint density at radius 3 is 2.05 bits per heavy atom. The molecule has 0 bridgehead atoms. The lowest BCUT2D eigenvalue weighted by Gasteiger charge is -2.17. The number of nitrogens with one attached hydrogen (secondary N) is 1. The number of benzene rings is 2. The number of hydrogen-bond acceptors (Lipinski definition) is 2. The average molecular weight is 386 g/mol. The minimum atomic E-state index is -3.86. The smallest absolute Gasteiger partial charge is 0.262 e. The van der Waals surface area contributed by atoms with Gasteiger partial charge in [-0.3, -0.25) is 4.72 Å². The summed E-state index contributed by atoms with van der Waals surface area (Å²) >= 11 is 3.15. The Labute approximate surface area is 138 Å². The highest BCUT2D eigenvalue weighted by atomic mass is 79.9. The Morgan fingerprint density at radius 1 is 1.00 bits per heavy atom. The van der Waals surface area contributed by atoms with E-state index in [1.54, 1.807) is 19.9 Å². The first kappa shape index (κ1) is 17.0. The van der Waals surface area contributed by atoms with E-state index in [0.717, 1.165) is 11.1 Å². The molecule has 0 radical (unpaired) electrons. The fourth-order valence-electron chi connectivity index (χ4n) is 2.35. The van der Waals surface area contributed by atoms with E-state index >= 15 is 0 Å². The van der Waals surface area contributed by atoms with Gasteiger partial charge in [0.05, 0.1) is 10.6 Å². The summed E-state index contributed by atoms with van der Waals surface area (Å²) in [6.45, 7) is 7.24. The van der Waals surface area contributed by atoms with Gasteiger partial charge in [0, 0.05) is 4.47 Å². The summed E-state index contributed by atoms with van der Waals surface area (Å²) in [5.41, 5.74) is 3.06. The zero-order chi connectivity index (χ0) is 16.7. The van der Waals surface area contributed by atoms with Crippen molar-refractivity contribution in [1.29, 1.82) is 0 Å². The van der Waals surface area contributed by atoms with Gasteiger partial charge < -0.3 is 0 Å². The highest BCUT2D eigenvalue weighted by Gasteiger charge is 2.23. The van der Waals surface area contributed by atoms with Crippen LogP contribution in [0.5, 0.6) is 0 Å². The third-order valence-electron chi connectivity index (χ3n) is 3.74. The molecule has 0 saturated heterocycles. The molecule has 0 aliphatic carbocycles. The fourth-order valence-corrected chi connectivity index (χ4v) is 4.37. The second kappa shape index (κ2) is 6.01. The first-order valence-corrected chi connectivity index (χ1v) is 8.96. The molecule has 0 aliphatic heterocycles. The van der Waals surface area contributed by atoms with E-state index in [9.17, 15) is 12.8 Å². The summed E-state index contributed by atoms with van der Waals surface area (Å²) in [5, 5.41) is 0. The van der Waals surface area contributed by atoms with E-state index in [-0.39, 0.29) is 10.6 Å². The van der Waals surface area contributed by atoms with Crippen molar-refractivity contribution in [2.45, 2.75) is 32.6 Å². The summed E-state index contributed by atoms with van der Waals surface area (Å²) in [6, 6.07) is 6.15. The summed E-state index contributed by atoms with van der Waals surface area (Å²) in [6.07, 6.45) is 0. The molecule has 0 aromatic heterocycles. The molecule has 2 aromatic rings. The van der Waals surface area contributed by atoms with Crippen molar-refractivity contribution in [3.63, 3.8) is 0 Å². The van der Waals surface area contributed by atoms with E-state index < -0.39 is 15.8 Å². The highest BCUT2D eigenvalue weighted by Crippen LogP contribution is 2.29. The predicted molar refractivity (Wildman–Crippen MR) is 90.3 cm³/mol. The average Bonchev–Trinajstić information content (AvgIpc) is 2.40. The van der Waals surface area contributed by atoms with Crippen LogP contribution in [0, 0.1) is 33.5 Å². The maximum atomic E-state index is 13.9. The lowest BCUT2D eigenvalue weighted by molar-refractivity contribution is 0.597. The van der Waals surface area contributed by atoms with Crippen LogP contribution in [0.15, 0.2) is 33.6 Å². The van der Waals surface area contributed by atoms with Gasteiger partial charge in [-0.25, -0.2) is 12.8 Å². The van der Waals surface area contributed by atoms with Crippen LogP contribution in [0.25, 0.3) is 0 Å². The fraction of sp³-hybridized carbons (Fsp3) is 0.250. The molecule has 22 heavy (non-hydrogen) atoms. The van der Waals surface area contributed by atoms with Gasteiger partial charge in [-0.2, -0.15) is 0 Å². The summed E-state index contributed by atoms with van der Waals surface area (Å²) in [7, 11) is -3.86. The maximum Gasteiger partial charge on any atom is 0.262 e. The molecular weight excluding hydrogens is 369 g/mol. The van der Waals surface area contributed by atoms with Gasteiger partial charge in [-0.1, -0.05) is 22.0 Å². The number of rotatable bonds is 3. The number of hydrogen-bond donors (Lipinski definition) is 1. The van der Waals surface area contributed by atoms with E-state index in [1.165, 1.54) is 12.1 Å². The second-order valence-corrected chi connectivity index (χ2v) is 7.85. The molecule has 1 N–H and O–H groups in total. The number of sulfonamides is 1. The quantitative estimate of drug-likeness (QED) is 0.837. The summed E-state index contributed by atoms with van der Waals surface area (Å²) in [5.74, 6) is -0.627.